The monoisotopic (exact) mass is 248 g/mol. The molecule has 0 aromatic carbocycles. The number of nitrogens with one attached hydrogen (secondary N) is 1. The van der Waals surface area contributed by atoms with Crippen LogP contribution in [0.5, 0.6) is 0 Å². The third-order valence-electron chi connectivity index (χ3n) is 3.32. The van der Waals surface area contributed by atoms with Crippen molar-refractivity contribution >= 4 is 27.4 Å². The predicted octanol–water partition coefficient (Wildman–Crippen LogP) is 1.88. The van der Waals surface area contributed by atoms with Gasteiger partial charge in [-0.25, -0.2) is 9.97 Å². The maximum absolute atomic E-state index is 4.50. The highest BCUT2D eigenvalue weighted by Gasteiger charge is 2.23. The third kappa shape index (κ3) is 1.89. The highest BCUT2D eigenvalue weighted by atomic mass is 32.1. The zero-order valence-corrected chi connectivity index (χ0v) is 10.7. The number of rotatable bonds is 2. The van der Waals surface area contributed by atoms with E-state index >= 15 is 0 Å². The summed E-state index contributed by atoms with van der Waals surface area (Å²) in [5.41, 5.74) is 1.06. The molecule has 1 unspecified atom stereocenters. The van der Waals surface area contributed by atoms with E-state index in [4.69, 9.17) is 0 Å². The van der Waals surface area contributed by atoms with Crippen LogP contribution in [0.3, 0.4) is 0 Å². The Kier molecular flexibility index (Phi) is 2.94. The summed E-state index contributed by atoms with van der Waals surface area (Å²) in [6.07, 6.45) is 2.82. The molecule has 0 aliphatic carbocycles. The Labute approximate surface area is 105 Å². The summed E-state index contributed by atoms with van der Waals surface area (Å²) in [6.45, 7) is 5.35. The van der Waals surface area contributed by atoms with E-state index < -0.39 is 0 Å². The molecule has 2 aromatic heterocycles. The summed E-state index contributed by atoms with van der Waals surface area (Å²) in [7, 11) is 0. The second-order valence-electron chi connectivity index (χ2n) is 4.29. The lowest BCUT2D eigenvalue weighted by molar-refractivity contribution is 0.464. The Morgan fingerprint density at radius 3 is 3.35 bits per heavy atom. The van der Waals surface area contributed by atoms with Crippen LogP contribution in [0.4, 0.5) is 5.82 Å². The minimum Gasteiger partial charge on any atom is -0.350 e. The van der Waals surface area contributed by atoms with Gasteiger partial charge < -0.3 is 10.2 Å². The van der Waals surface area contributed by atoms with Gasteiger partial charge in [0.1, 0.15) is 12.1 Å². The van der Waals surface area contributed by atoms with Crippen molar-refractivity contribution in [1.29, 1.82) is 0 Å². The lowest BCUT2D eigenvalue weighted by Crippen LogP contribution is -2.51. The molecular weight excluding hydrogens is 232 g/mol. The van der Waals surface area contributed by atoms with Crippen molar-refractivity contribution in [1.82, 2.24) is 15.3 Å². The highest BCUT2D eigenvalue weighted by molar-refractivity contribution is 7.17. The fraction of sp³-hybridized carbons (Fsp3) is 0.500. The molecule has 3 rings (SSSR count). The average Bonchev–Trinajstić information content (AvgIpc) is 2.86. The number of nitrogens with zero attached hydrogens (tertiary/aromatic N) is 3. The Balaban J connectivity index is 2.04. The SMILES string of the molecule is CCC1CNCCN1c1ncnc2ccsc12. The van der Waals surface area contributed by atoms with Crippen LogP contribution in [-0.2, 0) is 0 Å². The first-order chi connectivity index (χ1) is 8.40. The second kappa shape index (κ2) is 4.58. The lowest BCUT2D eigenvalue weighted by Gasteiger charge is -2.36. The van der Waals surface area contributed by atoms with E-state index in [1.807, 2.05) is 0 Å². The molecule has 1 saturated heterocycles. The van der Waals surface area contributed by atoms with Gasteiger partial charge >= 0.3 is 0 Å². The maximum Gasteiger partial charge on any atom is 0.150 e. The minimum atomic E-state index is 0.545. The molecule has 4 nitrogen and oxygen atoms in total. The van der Waals surface area contributed by atoms with Crippen molar-refractivity contribution in [2.75, 3.05) is 24.5 Å². The molecule has 5 heteroatoms. The van der Waals surface area contributed by atoms with Crippen molar-refractivity contribution in [2.45, 2.75) is 19.4 Å². The highest BCUT2D eigenvalue weighted by Crippen LogP contribution is 2.29. The number of anilines is 1. The van der Waals surface area contributed by atoms with Gasteiger partial charge in [0.15, 0.2) is 0 Å². The van der Waals surface area contributed by atoms with Crippen LogP contribution in [0.1, 0.15) is 13.3 Å². The Bertz CT molecular complexity index is 510. The first-order valence-corrected chi connectivity index (χ1v) is 6.93. The number of fused-ring (bicyclic) bond motifs is 1. The van der Waals surface area contributed by atoms with Gasteiger partial charge in [0.25, 0.3) is 0 Å². The Morgan fingerprint density at radius 2 is 2.47 bits per heavy atom. The number of aromatic nitrogens is 2. The van der Waals surface area contributed by atoms with Gasteiger partial charge in [-0.05, 0) is 17.9 Å². The van der Waals surface area contributed by atoms with Crippen LogP contribution in [0.2, 0.25) is 0 Å². The smallest absolute Gasteiger partial charge is 0.150 e. The fourth-order valence-electron chi connectivity index (χ4n) is 2.38. The summed E-state index contributed by atoms with van der Waals surface area (Å²) < 4.78 is 1.22. The molecule has 1 aliphatic rings. The Hall–Kier alpha value is -1.20. The van der Waals surface area contributed by atoms with Crippen molar-refractivity contribution in [3.05, 3.63) is 17.8 Å². The second-order valence-corrected chi connectivity index (χ2v) is 5.21. The summed E-state index contributed by atoms with van der Waals surface area (Å²) >= 11 is 1.73. The van der Waals surface area contributed by atoms with Crippen molar-refractivity contribution in [3.8, 4) is 0 Å². The summed E-state index contributed by atoms with van der Waals surface area (Å²) in [5, 5.41) is 5.53. The molecule has 17 heavy (non-hydrogen) atoms. The fourth-order valence-corrected chi connectivity index (χ4v) is 3.23. The van der Waals surface area contributed by atoms with E-state index in [0.29, 0.717) is 6.04 Å². The molecule has 0 spiro atoms. The molecule has 0 bridgehead atoms. The Morgan fingerprint density at radius 1 is 1.53 bits per heavy atom. The van der Waals surface area contributed by atoms with Gasteiger partial charge in [-0.3, -0.25) is 0 Å². The maximum atomic E-state index is 4.50. The molecule has 0 saturated carbocycles. The average molecular weight is 248 g/mol. The molecule has 2 aromatic rings. The lowest BCUT2D eigenvalue weighted by atomic mass is 10.1. The van der Waals surface area contributed by atoms with Crippen molar-refractivity contribution < 1.29 is 0 Å². The van der Waals surface area contributed by atoms with Crippen LogP contribution in [-0.4, -0.2) is 35.6 Å². The zero-order chi connectivity index (χ0) is 11.7. The van der Waals surface area contributed by atoms with Crippen LogP contribution < -0.4 is 10.2 Å². The van der Waals surface area contributed by atoms with E-state index in [-0.39, 0.29) is 0 Å². The standard InChI is InChI=1S/C12H16N4S/c1-2-9-7-13-4-5-16(9)12-11-10(3-6-17-11)14-8-15-12/h3,6,8-9,13H,2,4-5,7H2,1H3. The summed E-state index contributed by atoms with van der Waals surface area (Å²) in [5.74, 6) is 1.11. The minimum absolute atomic E-state index is 0.545. The number of hydrogen-bond acceptors (Lipinski definition) is 5. The normalized spacial score (nSPS) is 21.0. The van der Waals surface area contributed by atoms with E-state index in [2.05, 4.69) is 38.6 Å². The molecular formula is C12H16N4S. The molecule has 1 N–H and O–H groups in total. The van der Waals surface area contributed by atoms with Gasteiger partial charge in [0.2, 0.25) is 0 Å². The van der Waals surface area contributed by atoms with E-state index in [1.165, 1.54) is 4.70 Å². The molecule has 0 radical (unpaired) electrons. The van der Waals surface area contributed by atoms with Gasteiger partial charge in [-0.2, -0.15) is 0 Å². The molecule has 0 amide bonds. The summed E-state index contributed by atoms with van der Waals surface area (Å²) in [4.78, 5) is 11.2. The van der Waals surface area contributed by atoms with E-state index in [0.717, 1.165) is 37.4 Å². The molecule has 1 aliphatic heterocycles. The molecule has 90 valence electrons. The molecule has 1 atom stereocenters. The van der Waals surface area contributed by atoms with Crippen molar-refractivity contribution in [2.24, 2.45) is 0 Å². The van der Waals surface area contributed by atoms with Crippen LogP contribution in [0.25, 0.3) is 10.2 Å². The quantitative estimate of drug-likeness (QED) is 0.881. The first-order valence-electron chi connectivity index (χ1n) is 6.05. The van der Waals surface area contributed by atoms with Crippen LogP contribution in [0.15, 0.2) is 17.8 Å². The van der Waals surface area contributed by atoms with Gasteiger partial charge in [0, 0.05) is 25.7 Å². The summed E-state index contributed by atoms with van der Waals surface area (Å²) in [6, 6.07) is 2.61. The van der Waals surface area contributed by atoms with Crippen LogP contribution >= 0.6 is 11.3 Å². The molecule has 3 heterocycles. The zero-order valence-electron chi connectivity index (χ0n) is 9.89. The first kappa shape index (κ1) is 10.9. The topological polar surface area (TPSA) is 41.0 Å². The van der Waals surface area contributed by atoms with Gasteiger partial charge in [-0.15, -0.1) is 11.3 Å². The van der Waals surface area contributed by atoms with E-state index in [1.54, 1.807) is 17.7 Å². The van der Waals surface area contributed by atoms with E-state index in [9.17, 15) is 0 Å². The third-order valence-corrected chi connectivity index (χ3v) is 4.22. The molecule has 1 fully saturated rings. The number of thiophene rings is 1. The van der Waals surface area contributed by atoms with Gasteiger partial charge in [0.05, 0.1) is 10.2 Å². The van der Waals surface area contributed by atoms with Gasteiger partial charge in [-0.1, -0.05) is 6.92 Å². The number of hydrogen-bond donors (Lipinski definition) is 1. The number of piperazine rings is 1. The van der Waals surface area contributed by atoms with Crippen molar-refractivity contribution in [3.63, 3.8) is 0 Å². The predicted molar refractivity (Wildman–Crippen MR) is 71.7 cm³/mol. The van der Waals surface area contributed by atoms with Crippen LogP contribution in [0, 0.1) is 0 Å². The largest absolute Gasteiger partial charge is 0.350 e.